The highest BCUT2D eigenvalue weighted by Gasteiger charge is 2.24. The minimum Gasteiger partial charge on any atom is -0.481 e. The highest BCUT2D eigenvalue weighted by molar-refractivity contribution is 5.96. The van der Waals surface area contributed by atoms with E-state index in [1.165, 1.54) is 0 Å². The molecule has 1 aromatic rings. The molecule has 0 bridgehead atoms. The number of aliphatic carboxylic acids is 1. The summed E-state index contributed by atoms with van der Waals surface area (Å²) in [6, 6.07) is 2.18. The molecular formula is C16H26N2O3. The van der Waals surface area contributed by atoms with Gasteiger partial charge >= 0.3 is 5.97 Å². The molecule has 0 saturated carbocycles. The molecule has 118 valence electrons. The van der Waals surface area contributed by atoms with E-state index in [4.69, 9.17) is 5.11 Å². The van der Waals surface area contributed by atoms with E-state index in [9.17, 15) is 9.59 Å². The fourth-order valence-electron chi connectivity index (χ4n) is 2.66. The van der Waals surface area contributed by atoms with Crippen LogP contribution in [0.1, 0.15) is 68.3 Å². The molecule has 0 radical (unpaired) electrons. The first-order chi connectivity index (χ1) is 9.55. The number of carboxylic acid groups (broad SMARTS) is 1. The average molecular weight is 294 g/mol. The Morgan fingerprint density at radius 1 is 1.33 bits per heavy atom. The molecular weight excluding hydrogens is 268 g/mol. The quantitative estimate of drug-likeness (QED) is 0.847. The molecule has 1 amide bonds. The second-order valence-corrected chi connectivity index (χ2v) is 6.48. The number of hydrogen-bond donors (Lipinski definition) is 2. The second kappa shape index (κ2) is 6.33. The maximum Gasteiger partial charge on any atom is 0.303 e. The molecule has 0 unspecified atom stereocenters. The molecule has 0 aliphatic rings. The van der Waals surface area contributed by atoms with Gasteiger partial charge in [-0.25, -0.2) is 0 Å². The van der Waals surface area contributed by atoms with Crippen LogP contribution in [-0.4, -0.2) is 27.1 Å². The third-order valence-corrected chi connectivity index (χ3v) is 3.66. The first kappa shape index (κ1) is 17.3. The number of nitrogens with zero attached hydrogens (tertiary/aromatic N) is 1. The minimum atomic E-state index is -0.852. The number of hydrogen-bond acceptors (Lipinski definition) is 2. The molecule has 5 nitrogen and oxygen atoms in total. The van der Waals surface area contributed by atoms with E-state index in [0.717, 1.165) is 11.4 Å². The maximum absolute atomic E-state index is 12.4. The van der Waals surface area contributed by atoms with Crippen LogP contribution >= 0.6 is 0 Å². The summed E-state index contributed by atoms with van der Waals surface area (Å²) in [5.41, 5.74) is 2.10. The molecule has 0 fully saturated rings. The van der Waals surface area contributed by atoms with Gasteiger partial charge in [0.2, 0.25) is 0 Å². The monoisotopic (exact) mass is 294 g/mol. The van der Waals surface area contributed by atoms with E-state index in [0.29, 0.717) is 18.0 Å². The lowest BCUT2D eigenvalue weighted by molar-refractivity contribution is -0.137. The van der Waals surface area contributed by atoms with Crippen LogP contribution in [0.25, 0.3) is 0 Å². The van der Waals surface area contributed by atoms with E-state index < -0.39 is 11.5 Å². The first-order valence-corrected chi connectivity index (χ1v) is 7.28. The summed E-state index contributed by atoms with van der Waals surface area (Å²) in [6.45, 7) is 11.8. The van der Waals surface area contributed by atoms with Gasteiger partial charge in [-0.3, -0.25) is 9.59 Å². The topological polar surface area (TPSA) is 71.3 Å². The van der Waals surface area contributed by atoms with Crippen molar-refractivity contribution >= 4 is 11.9 Å². The predicted octanol–water partition coefficient (Wildman–Crippen LogP) is 3.06. The lowest BCUT2D eigenvalue weighted by Gasteiger charge is -2.25. The number of rotatable bonds is 6. The summed E-state index contributed by atoms with van der Waals surface area (Å²) >= 11 is 0. The molecule has 1 rings (SSSR count). The summed E-state index contributed by atoms with van der Waals surface area (Å²) in [4.78, 5) is 23.1. The van der Waals surface area contributed by atoms with E-state index in [2.05, 4.69) is 23.7 Å². The number of carbonyl (C=O) groups excluding carboxylic acids is 1. The van der Waals surface area contributed by atoms with Crippen LogP contribution in [0.15, 0.2) is 6.07 Å². The van der Waals surface area contributed by atoms with Gasteiger partial charge in [-0.05, 0) is 54.0 Å². The zero-order valence-corrected chi connectivity index (χ0v) is 13.8. The summed E-state index contributed by atoms with van der Waals surface area (Å²) in [5, 5.41) is 11.7. The molecule has 1 heterocycles. The average Bonchev–Trinajstić information content (AvgIpc) is 2.62. The number of carbonyl (C=O) groups is 2. The molecule has 0 aromatic carbocycles. The van der Waals surface area contributed by atoms with Crippen molar-refractivity contribution < 1.29 is 14.7 Å². The Kier molecular flexibility index (Phi) is 5.20. The van der Waals surface area contributed by atoms with Crippen LogP contribution < -0.4 is 5.32 Å². The summed E-state index contributed by atoms with van der Waals surface area (Å²) in [7, 11) is 0. The molecule has 0 spiro atoms. The number of carboxylic acids is 1. The largest absolute Gasteiger partial charge is 0.481 e. The molecule has 0 atom stereocenters. The van der Waals surface area contributed by atoms with E-state index >= 15 is 0 Å². The third-order valence-electron chi connectivity index (χ3n) is 3.66. The van der Waals surface area contributed by atoms with Crippen molar-refractivity contribution in [2.45, 2.75) is 66.0 Å². The van der Waals surface area contributed by atoms with Gasteiger partial charge in [0.25, 0.3) is 5.91 Å². The van der Waals surface area contributed by atoms with Crippen LogP contribution in [0.5, 0.6) is 0 Å². The number of nitrogens with one attached hydrogen (secondary N) is 1. The van der Waals surface area contributed by atoms with Gasteiger partial charge < -0.3 is 15.0 Å². The van der Waals surface area contributed by atoms with E-state index in [-0.39, 0.29) is 12.3 Å². The van der Waals surface area contributed by atoms with Crippen LogP contribution in [0.3, 0.4) is 0 Å². The van der Waals surface area contributed by atoms with Gasteiger partial charge in [-0.1, -0.05) is 0 Å². The van der Waals surface area contributed by atoms with Gasteiger partial charge in [0.15, 0.2) is 0 Å². The fraction of sp³-hybridized carbons (Fsp3) is 0.625. The number of aromatic nitrogens is 1. The normalized spacial score (nSPS) is 11.8. The molecule has 0 aliphatic carbocycles. The van der Waals surface area contributed by atoms with Crippen LogP contribution in [-0.2, 0) is 4.79 Å². The maximum atomic E-state index is 12.4. The number of aryl methyl sites for hydroxylation is 1. The molecule has 1 aromatic heterocycles. The van der Waals surface area contributed by atoms with E-state index in [1.54, 1.807) is 0 Å². The van der Waals surface area contributed by atoms with Crippen molar-refractivity contribution in [2.24, 2.45) is 0 Å². The van der Waals surface area contributed by atoms with Crippen molar-refractivity contribution in [1.29, 1.82) is 0 Å². The lowest BCUT2D eigenvalue weighted by Crippen LogP contribution is -2.43. The summed E-state index contributed by atoms with van der Waals surface area (Å²) < 4.78 is 2.12. The Morgan fingerprint density at radius 2 is 1.90 bits per heavy atom. The van der Waals surface area contributed by atoms with E-state index in [1.807, 2.05) is 33.8 Å². The Morgan fingerprint density at radius 3 is 2.33 bits per heavy atom. The van der Waals surface area contributed by atoms with Gasteiger partial charge in [-0.15, -0.1) is 0 Å². The Balaban J connectivity index is 2.90. The smallest absolute Gasteiger partial charge is 0.303 e. The predicted molar refractivity (Wildman–Crippen MR) is 82.7 cm³/mol. The van der Waals surface area contributed by atoms with Crippen molar-refractivity contribution in [1.82, 2.24) is 9.88 Å². The van der Waals surface area contributed by atoms with Crippen molar-refractivity contribution in [2.75, 3.05) is 0 Å². The van der Waals surface area contributed by atoms with Crippen molar-refractivity contribution in [3.63, 3.8) is 0 Å². The van der Waals surface area contributed by atoms with Crippen LogP contribution in [0, 0.1) is 13.8 Å². The fourth-order valence-corrected chi connectivity index (χ4v) is 2.66. The number of amides is 1. The third kappa shape index (κ3) is 4.34. The first-order valence-electron chi connectivity index (χ1n) is 7.28. The van der Waals surface area contributed by atoms with Crippen molar-refractivity contribution in [3.8, 4) is 0 Å². The highest BCUT2D eigenvalue weighted by atomic mass is 16.4. The zero-order chi connectivity index (χ0) is 16.4. The molecule has 0 saturated heterocycles. The summed E-state index contributed by atoms with van der Waals surface area (Å²) in [6.07, 6.45) is 0.440. The van der Waals surface area contributed by atoms with Crippen LogP contribution in [0.4, 0.5) is 0 Å². The molecule has 2 N–H and O–H groups in total. The molecule has 5 heteroatoms. The lowest BCUT2D eigenvalue weighted by atomic mass is 9.98. The van der Waals surface area contributed by atoms with Gasteiger partial charge in [0.05, 0.1) is 5.56 Å². The standard InChI is InChI=1S/C16H26N2O3/c1-10(2)18-11(3)9-13(12(18)4)15(21)17-16(5,6)8-7-14(19)20/h9-10H,7-8H2,1-6H3,(H,17,21)(H,19,20). The zero-order valence-electron chi connectivity index (χ0n) is 13.8. The van der Waals surface area contributed by atoms with Gasteiger partial charge in [-0.2, -0.15) is 0 Å². The van der Waals surface area contributed by atoms with Crippen molar-refractivity contribution in [3.05, 3.63) is 23.0 Å². The Hall–Kier alpha value is -1.78. The minimum absolute atomic E-state index is 0.0400. The van der Waals surface area contributed by atoms with Gasteiger partial charge in [0.1, 0.15) is 0 Å². The summed E-state index contributed by atoms with van der Waals surface area (Å²) in [5.74, 6) is -0.999. The SMILES string of the molecule is Cc1cc(C(=O)NC(C)(C)CCC(=O)O)c(C)n1C(C)C. The second-order valence-electron chi connectivity index (χ2n) is 6.48. The molecule has 21 heavy (non-hydrogen) atoms. The Labute approximate surface area is 126 Å². The molecule has 0 aliphatic heterocycles. The Bertz CT molecular complexity index is 542. The highest BCUT2D eigenvalue weighted by Crippen LogP contribution is 2.21. The van der Waals surface area contributed by atoms with Gasteiger partial charge in [0, 0.05) is 29.4 Å². The van der Waals surface area contributed by atoms with Crippen LogP contribution in [0.2, 0.25) is 0 Å².